The second kappa shape index (κ2) is 10.1. The van der Waals surface area contributed by atoms with Crippen LogP contribution in [0.5, 0.6) is 0 Å². The minimum Gasteiger partial charge on any atom is -0.379 e. The summed E-state index contributed by atoms with van der Waals surface area (Å²) in [6.45, 7) is 4.91. The Morgan fingerprint density at radius 3 is 2.30 bits per heavy atom. The van der Waals surface area contributed by atoms with Gasteiger partial charge in [0.25, 0.3) is 0 Å². The van der Waals surface area contributed by atoms with Gasteiger partial charge in [-0.2, -0.15) is 0 Å². The SMILES string of the molecule is Br.N=c1n(CCN2CCOCC2)c2ccccc2n1CC(=O)c1ccc(Cl)c(Cl)c1. The van der Waals surface area contributed by atoms with Gasteiger partial charge in [-0.15, -0.1) is 17.0 Å². The zero-order chi connectivity index (χ0) is 20.4. The van der Waals surface area contributed by atoms with Gasteiger partial charge in [-0.25, -0.2) is 0 Å². The smallest absolute Gasteiger partial charge is 0.203 e. The number of hydrogen-bond donors (Lipinski definition) is 1. The van der Waals surface area contributed by atoms with Crippen molar-refractivity contribution in [2.24, 2.45) is 0 Å². The number of imidazole rings is 1. The van der Waals surface area contributed by atoms with Gasteiger partial charge in [-0.05, 0) is 30.3 Å². The first-order valence-electron chi connectivity index (χ1n) is 9.55. The normalized spacial score (nSPS) is 14.6. The van der Waals surface area contributed by atoms with Crippen LogP contribution in [0.15, 0.2) is 42.5 Å². The molecule has 160 valence electrons. The van der Waals surface area contributed by atoms with Crippen molar-refractivity contribution in [3.05, 3.63) is 63.7 Å². The molecule has 0 saturated carbocycles. The first-order chi connectivity index (χ1) is 14.0. The van der Waals surface area contributed by atoms with Gasteiger partial charge in [-0.3, -0.25) is 15.1 Å². The number of benzene rings is 2. The molecule has 1 N–H and O–H groups in total. The lowest BCUT2D eigenvalue weighted by Gasteiger charge is -2.26. The molecular formula is C21H23BrCl2N4O2. The van der Waals surface area contributed by atoms with Gasteiger partial charge in [0.05, 0.1) is 40.8 Å². The van der Waals surface area contributed by atoms with Gasteiger partial charge in [0.1, 0.15) is 0 Å². The molecule has 0 bridgehead atoms. The van der Waals surface area contributed by atoms with E-state index in [-0.39, 0.29) is 29.3 Å². The standard InChI is InChI=1S/C21H22Cl2N4O2.BrH/c22-16-6-5-15(13-17(16)23)20(28)14-27-19-4-2-1-3-18(19)26(21(27)24)8-7-25-9-11-29-12-10-25;/h1-6,13,24H,7-12,14H2;1H. The number of carbonyl (C=O) groups excluding carboxylic acids is 1. The Morgan fingerprint density at radius 2 is 1.63 bits per heavy atom. The molecule has 0 atom stereocenters. The predicted octanol–water partition coefficient (Wildman–Crippen LogP) is 4.02. The summed E-state index contributed by atoms with van der Waals surface area (Å²) in [5, 5.41) is 9.47. The number of nitrogens with zero attached hydrogens (tertiary/aromatic N) is 3. The van der Waals surface area contributed by atoms with Crippen LogP contribution in [-0.2, 0) is 17.8 Å². The molecule has 30 heavy (non-hydrogen) atoms. The van der Waals surface area contributed by atoms with Crippen LogP contribution in [0.1, 0.15) is 10.4 Å². The molecule has 0 amide bonds. The zero-order valence-electron chi connectivity index (χ0n) is 16.3. The maximum atomic E-state index is 12.9. The van der Waals surface area contributed by atoms with Crippen molar-refractivity contribution < 1.29 is 9.53 Å². The number of carbonyl (C=O) groups is 1. The number of halogens is 3. The fourth-order valence-electron chi connectivity index (χ4n) is 3.65. The number of ether oxygens (including phenoxy) is 1. The summed E-state index contributed by atoms with van der Waals surface area (Å²) in [4.78, 5) is 15.2. The van der Waals surface area contributed by atoms with E-state index in [0.29, 0.717) is 27.8 Å². The molecular weight excluding hydrogens is 491 g/mol. The van der Waals surface area contributed by atoms with Gasteiger partial charge in [-0.1, -0.05) is 35.3 Å². The van der Waals surface area contributed by atoms with E-state index in [1.54, 1.807) is 22.8 Å². The van der Waals surface area contributed by atoms with Crippen LogP contribution in [0, 0.1) is 5.41 Å². The van der Waals surface area contributed by atoms with E-state index in [1.807, 2.05) is 28.8 Å². The molecule has 1 fully saturated rings. The number of aromatic nitrogens is 2. The highest BCUT2D eigenvalue weighted by atomic mass is 79.9. The Hall–Kier alpha value is -1.64. The first kappa shape index (κ1) is 23.0. The minimum absolute atomic E-state index is 0. The summed E-state index contributed by atoms with van der Waals surface area (Å²) in [7, 11) is 0. The minimum atomic E-state index is -0.113. The summed E-state index contributed by atoms with van der Waals surface area (Å²) in [5.74, 6) is -0.113. The van der Waals surface area contributed by atoms with Crippen molar-refractivity contribution in [2.45, 2.75) is 13.1 Å². The Balaban J connectivity index is 0.00000256. The third-order valence-electron chi connectivity index (χ3n) is 5.26. The average molecular weight is 514 g/mol. The molecule has 6 nitrogen and oxygen atoms in total. The summed E-state index contributed by atoms with van der Waals surface area (Å²) < 4.78 is 9.12. The molecule has 1 aromatic heterocycles. The van der Waals surface area contributed by atoms with Gasteiger partial charge >= 0.3 is 0 Å². The van der Waals surface area contributed by atoms with Crippen LogP contribution in [0.2, 0.25) is 10.0 Å². The highest BCUT2D eigenvalue weighted by molar-refractivity contribution is 8.93. The van der Waals surface area contributed by atoms with Crippen molar-refractivity contribution in [3.63, 3.8) is 0 Å². The van der Waals surface area contributed by atoms with Crippen LogP contribution in [0.4, 0.5) is 0 Å². The van der Waals surface area contributed by atoms with Crippen LogP contribution in [-0.4, -0.2) is 52.7 Å². The Morgan fingerprint density at radius 1 is 0.967 bits per heavy atom. The molecule has 2 heterocycles. The third-order valence-corrected chi connectivity index (χ3v) is 6.00. The van der Waals surface area contributed by atoms with Gasteiger partial charge in [0.2, 0.25) is 5.62 Å². The molecule has 0 aliphatic carbocycles. The average Bonchev–Trinajstić information content (AvgIpc) is 3.00. The van der Waals surface area contributed by atoms with Crippen LogP contribution in [0.25, 0.3) is 11.0 Å². The zero-order valence-corrected chi connectivity index (χ0v) is 19.5. The predicted molar refractivity (Wildman–Crippen MR) is 124 cm³/mol. The number of morpholine rings is 1. The Kier molecular flexibility index (Phi) is 7.76. The van der Waals surface area contributed by atoms with Crippen LogP contribution in [0.3, 0.4) is 0 Å². The van der Waals surface area contributed by atoms with E-state index >= 15 is 0 Å². The molecule has 4 rings (SSSR count). The highest BCUT2D eigenvalue weighted by Crippen LogP contribution is 2.23. The Bertz CT molecular complexity index is 1110. The van der Waals surface area contributed by atoms with Crippen molar-refractivity contribution in [2.75, 3.05) is 32.8 Å². The van der Waals surface area contributed by atoms with Gasteiger partial charge in [0.15, 0.2) is 5.78 Å². The maximum Gasteiger partial charge on any atom is 0.203 e. The lowest BCUT2D eigenvalue weighted by Crippen LogP contribution is -2.39. The Labute approximate surface area is 195 Å². The molecule has 3 aromatic rings. The second-order valence-electron chi connectivity index (χ2n) is 7.06. The highest BCUT2D eigenvalue weighted by Gasteiger charge is 2.17. The quantitative estimate of drug-likeness (QED) is 0.506. The third kappa shape index (κ3) is 4.81. The monoisotopic (exact) mass is 512 g/mol. The van der Waals surface area contributed by atoms with E-state index in [0.717, 1.165) is 43.9 Å². The van der Waals surface area contributed by atoms with E-state index in [2.05, 4.69) is 4.90 Å². The first-order valence-corrected chi connectivity index (χ1v) is 10.3. The molecule has 0 radical (unpaired) electrons. The molecule has 0 unspecified atom stereocenters. The molecule has 1 aliphatic heterocycles. The topological polar surface area (TPSA) is 63.2 Å². The van der Waals surface area contributed by atoms with E-state index in [1.165, 1.54) is 0 Å². The molecule has 9 heteroatoms. The molecule has 1 saturated heterocycles. The number of nitrogens with one attached hydrogen (secondary N) is 1. The van der Waals surface area contributed by atoms with E-state index < -0.39 is 0 Å². The van der Waals surface area contributed by atoms with Crippen LogP contribution < -0.4 is 5.62 Å². The molecule has 1 aliphatic rings. The second-order valence-corrected chi connectivity index (χ2v) is 7.87. The number of fused-ring (bicyclic) bond motifs is 1. The molecule has 0 spiro atoms. The fourth-order valence-corrected chi connectivity index (χ4v) is 3.95. The van der Waals surface area contributed by atoms with Gasteiger partial charge < -0.3 is 13.9 Å². The summed E-state index contributed by atoms with van der Waals surface area (Å²) >= 11 is 12.0. The lowest BCUT2D eigenvalue weighted by molar-refractivity contribution is 0.0363. The number of para-hydroxylation sites is 2. The van der Waals surface area contributed by atoms with Crippen molar-refractivity contribution >= 4 is 57.0 Å². The van der Waals surface area contributed by atoms with E-state index in [4.69, 9.17) is 33.3 Å². The summed E-state index contributed by atoms with van der Waals surface area (Å²) in [6.07, 6.45) is 0. The van der Waals surface area contributed by atoms with Crippen molar-refractivity contribution in [1.82, 2.24) is 14.0 Å². The number of ketones is 1. The lowest BCUT2D eigenvalue weighted by atomic mass is 10.1. The summed E-state index contributed by atoms with van der Waals surface area (Å²) in [6, 6.07) is 12.7. The number of rotatable bonds is 6. The van der Waals surface area contributed by atoms with E-state index in [9.17, 15) is 4.79 Å². The summed E-state index contributed by atoms with van der Waals surface area (Å²) in [5.41, 5.74) is 2.62. The number of hydrogen-bond acceptors (Lipinski definition) is 4. The fraction of sp³-hybridized carbons (Fsp3) is 0.333. The van der Waals surface area contributed by atoms with Gasteiger partial charge in [0, 0.05) is 31.7 Å². The molecule has 2 aromatic carbocycles. The van der Waals surface area contributed by atoms with Crippen LogP contribution >= 0.6 is 40.2 Å². The van der Waals surface area contributed by atoms with Crippen molar-refractivity contribution in [1.29, 1.82) is 5.41 Å². The largest absolute Gasteiger partial charge is 0.379 e. The van der Waals surface area contributed by atoms with Crippen molar-refractivity contribution in [3.8, 4) is 0 Å². The number of Topliss-reactive ketones (excluding diaryl/α,β-unsaturated/α-hetero) is 1. The maximum absolute atomic E-state index is 12.9.